The molecule has 2 aromatic rings. The summed E-state index contributed by atoms with van der Waals surface area (Å²) < 4.78 is 1.58. The average Bonchev–Trinajstić information content (AvgIpc) is 2.59. The van der Waals surface area contributed by atoms with Crippen molar-refractivity contribution in [3.63, 3.8) is 0 Å². The summed E-state index contributed by atoms with van der Waals surface area (Å²) in [6.07, 6.45) is 7.59. The van der Waals surface area contributed by atoms with Gasteiger partial charge in [-0.15, -0.1) is 5.10 Å². The molecule has 0 saturated heterocycles. The third-order valence-electron chi connectivity index (χ3n) is 2.93. The lowest BCUT2D eigenvalue weighted by Gasteiger charge is -2.22. The molecule has 76 valence electrons. The summed E-state index contributed by atoms with van der Waals surface area (Å²) >= 11 is 0. The standard InChI is InChI=1S/C10H10N4O/c15-6-7-4-11-10-9(8-2-1-3-8)12-13-14(10)5-7/h4-6,8H,1-3H2. The van der Waals surface area contributed by atoms with Crippen LogP contribution in [0.15, 0.2) is 12.4 Å². The molecule has 0 N–H and O–H groups in total. The lowest BCUT2D eigenvalue weighted by Crippen LogP contribution is -2.10. The van der Waals surface area contributed by atoms with Gasteiger partial charge in [-0.1, -0.05) is 11.6 Å². The fourth-order valence-electron chi connectivity index (χ4n) is 1.83. The Bertz CT molecular complexity index is 515. The molecule has 0 aliphatic heterocycles. The molecule has 0 amide bonds. The van der Waals surface area contributed by atoms with Gasteiger partial charge in [-0.2, -0.15) is 0 Å². The largest absolute Gasteiger partial charge is 0.298 e. The van der Waals surface area contributed by atoms with Gasteiger partial charge in [-0.25, -0.2) is 9.50 Å². The Balaban J connectivity index is 2.13. The number of aldehydes is 1. The molecule has 3 rings (SSSR count). The van der Waals surface area contributed by atoms with Gasteiger partial charge in [0.1, 0.15) is 5.69 Å². The zero-order valence-corrected chi connectivity index (χ0v) is 8.13. The second kappa shape index (κ2) is 3.12. The van der Waals surface area contributed by atoms with Gasteiger partial charge in [0.2, 0.25) is 0 Å². The van der Waals surface area contributed by atoms with E-state index >= 15 is 0 Å². The molecule has 2 heterocycles. The summed E-state index contributed by atoms with van der Waals surface area (Å²) in [5.41, 5.74) is 2.27. The molecule has 1 aliphatic carbocycles. The number of nitrogens with zero attached hydrogens (tertiary/aromatic N) is 4. The van der Waals surface area contributed by atoms with Crippen LogP contribution in [0.25, 0.3) is 5.65 Å². The zero-order valence-electron chi connectivity index (χ0n) is 8.13. The number of carbonyl (C=O) groups is 1. The van der Waals surface area contributed by atoms with Gasteiger partial charge in [0.25, 0.3) is 0 Å². The Morgan fingerprint density at radius 2 is 2.33 bits per heavy atom. The Morgan fingerprint density at radius 1 is 1.47 bits per heavy atom. The Kier molecular flexibility index (Phi) is 1.77. The van der Waals surface area contributed by atoms with Crippen molar-refractivity contribution in [2.75, 3.05) is 0 Å². The molecule has 1 fully saturated rings. The van der Waals surface area contributed by atoms with Gasteiger partial charge in [0.05, 0.1) is 5.56 Å². The van der Waals surface area contributed by atoms with E-state index < -0.39 is 0 Å². The zero-order chi connectivity index (χ0) is 10.3. The van der Waals surface area contributed by atoms with Crippen LogP contribution in [0.4, 0.5) is 0 Å². The molecule has 2 aromatic heterocycles. The number of rotatable bonds is 2. The van der Waals surface area contributed by atoms with E-state index in [1.165, 1.54) is 19.3 Å². The quantitative estimate of drug-likeness (QED) is 0.686. The molecule has 1 saturated carbocycles. The van der Waals surface area contributed by atoms with Crippen molar-refractivity contribution in [3.05, 3.63) is 23.7 Å². The van der Waals surface area contributed by atoms with E-state index in [1.54, 1.807) is 16.9 Å². The maximum absolute atomic E-state index is 10.6. The number of hydrogen-bond acceptors (Lipinski definition) is 4. The van der Waals surface area contributed by atoms with Crippen molar-refractivity contribution in [1.82, 2.24) is 19.8 Å². The molecule has 0 atom stereocenters. The van der Waals surface area contributed by atoms with Crippen molar-refractivity contribution >= 4 is 11.9 Å². The number of fused-ring (bicyclic) bond motifs is 1. The predicted molar refractivity (Wildman–Crippen MR) is 52.8 cm³/mol. The van der Waals surface area contributed by atoms with Crippen molar-refractivity contribution in [2.45, 2.75) is 25.2 Å². The van der Waals surface area contributed by atoms with E-state index in [9.17, 15) is 4.79 Å². The van der Waals surface area contributed by atoms with Crippen LogP contribution in [0.1, 0.15) is 41.2 Å². The topological polar surface area (TPSA) is 60.2 Å². The van der Waals surface area contributed by atoms with Gasteiger partial charge < -0.3 is 0 Å². The van der Waals surface area contributed by atoms with Crippen molar-refractivity contribution in [3.8, 4) is 0 Å². The minimum Gasteiger partial charge on any atom is -0.298 e. The first-order valence-electron chi connectivity index (χ1n) is 5.04. The van der Waals surface area contributed by atoms with E-state index in [-0.39, 0.29) is 0 Å². The van der Waals surface area contributed by atoms with Gasteiger partial charge >= 0.3 is 0 Å². The molecule has 0 unspecified atom stereocenters. The molecule has 15 heavy (non-hydrogen) atoms. The molecule has 5 nitrogen and oxygen atoms in total. The Morgan fingerprint density at radius 3 is 3.00 bits per heavy atom. The molecular weight excluding hydrogens is 192 g/mol. The van der Waals surface area contributed by atoms with Crippen molar-refractivity contribution in [2.24, 2.45) is 0 Å². The third-order valence-corrected chi connectivity index (χ3v) is 2.93. The summed E-state index contributed by atoms with van der Waals surface area (Å²) in [5.74, 6) is 0.511. The summed E-state index contributed by atoms with van der Waals surface area (Å²) in [5, 5.41) is 8.10. The first-order valence-corrected chi connectivity index (χ1v) is 5.04. The third kappa shape index (κ3) is 1.23. The maximum Gasteiger partial charge on any atom is 0.179 e. The van der Waals surface area contributed by atoms with Crippen LogP contribution >= 0.6 is 0 Å². The highest BCUT2D eigenvalue weighted by Gasteiger charge is 2.25. The lowest BCUT2D eigenvalue weighted by molar-refractivity contribution is 0.112. The minimum atomic E-state index is 0.511. The first-order chi connectivity index (χ1) is 7.38. The molecule has 0 bridgehead atoms. The summed E-state index contributed by atoms with van der Waals surface area (Å²) in [7, 11) is 0. The fourth-order valence-corrected chi connectivity index (χ4v) is 1.83. The summed E-state index contributed by atoms with van der Waals surface area (Å²) in [4.78, 5) is 14.8. The highest BCUT2D eigenvalue weighted by molar-refractivity contribution is 5.74. The smallest absolute Gasteiger partial charge is 0.179 e. The van der Waals surface area contributed by atoms with Crippen LogP contribution in [-0.4, -0.2) is 26.1 Å². The van der Waals surface area contributed by atoms with Crippen LogP contribution in [0.3, 0.4) is 0 Å². The predicted octanol–water partition coefficient (Wildman–Crippen LogP) is 1.20. The van der Waals surface area contributed by atoms with E-state index in [1.807, 2.05) is 0 Å². The maximum atomic E-state index is 10.6. The molecule has 5 heteroatoms. The highest BCUT2D eigenvalue weighted by Crippen LogP contribution is 2.36. The van der Waals surface area contributed by atoms with Gasteiger partial charge in [0.15, 0.2) is 11.9 Å². The molecule has 0 spiro atoms. The van der Waals surface area contributed by atoms with Gasteiger partial charge in [0, 0.05) is 18.3 Å². The van der Waals surface area contributed by atoms with Crippen LogP contribution < -0.4 is 0 Å². The van der Waals surface area contributed by atoms with Gasteiger partial charge in [-0.05, 0) is 12.8 Å². The first kappa shape index (κ1) is 8.52. The minimum absolute atomic E-state index is 0.511. The summed E-state index contributed by atoms with van der Waals surface area (Å²) in [6, 6.07) is 0. The molecule has 0 aromatic carbocycles. The molecular formula is C10H10N4O. The van der Waals surface area contributed by atoms with Crippen LogP contribution in [0, 0.1) is 0 Å². The SMILES string of the molecule is O=Cc1cnc2c(C3CCC3)nnn2c1. The van der Waals surface area contributed by atoms with Crippen LogP contribution in [0.5, 0.6) is 0 Å². The van der Waals surface area contributed by atoms with Crippen molar-refractivity contribution in [1.29, 1.82) is 0 Å². The van der Waals surface area contributed by atoms with E-state index in [0.29, 0.717) is 11.5 Å². The Labute approximate surface area is 86.1 Å². The number of carbonyl (C=O) groups excluding carboxylic acids is 1. The summed E-state index contributed by atoms with van der Waals surface area (Å²) in [6.45, 7) is 0. The number of aromatic nitrogens is 4. The lowest BCUT2D eigenvalue weighted by atomic mass is 9.83. The van der Waals surface area contributed by atoms with Crippen molar-refractivity contribution < 1.29 is 4.79 Å². The van der Waals surface area contributed by atoms with E-state index in [0.717, 1.165) is 17.6 Å². The average molecular weight is 202 g/mol. The van der Waals surface area contributed by atoms with E-state index in [4.69, 9.17) is 0 Å². The van der Waals surface area contributed by atoms with Gasteiger partial charge in [-0.3, -0.25) is 4.79 Å². The second-order valence-electron chi connectivity index (χ2n) is 3.88. The fraction of sp³-hybridized carbons (Fsp3) is 0.400. The van der Waals surface area contributed by atoms with Crippen LogP contribution in [0.2, 0.25) is 0 Å². The van der Waals surface area contributed by atoms with Crippen LogP contribution in [-0.2, 0) is 0 Å². The molecule has 0 radical (unpaired) electrons. The Hall–Kier alpha value is -1.78. The number of hydrogen-bond donors (Lipinski definition) is 0. The second-order valence-corrected chi connectivity index (χ2v) is 3.88. The normalized spacial score (nSPS) is 16.5. The molecule has 1 aliphatic rings. The van der Waals surface area contributed by atoms with E-state index in [2.05, 4.69) is 15.3 Å². The monoisotopic (exact) mass is 202 g/mol. The highest BCUT2D eigenvalue weighted by atomic mass is 16.1.